The van der Waals surface area contributed by atoms with Gasteiger partial charge in [0.2, 0.25) is 0 Å². The SMILES string of the molecule is N#C/C=C1/C(=C2/c3cccnc3-c3c(O)cccc32)C(=O)c2c1ccc(F)c2F. The van der Waals surface area contributed by atoms with Crippen molar-refractivity contribution in [2.45, 2.75) is 0 Å². The Morgan fingerprint density at radius 1 is 0.966 bits per heavy atom. The van der Waals surface area contributed by atoms with Gasteiger partial charge in [-0.05, 0) is 29.3 Å². The predicted octanol–water partition coefficient (Wildman–Crippen LogP) is 4.65. The van der Waals surface area contributed by atoms with Crippen LogP contribution in [0.3, 0.4) is 0 Å². The van der Waals surface area contributed by atoms with E-state index < -0.39 is 23.0 Å². The van der Waals surface area contributed by atoms with Gasteiger partial charge in [-0.3, -0.25) is 9.78 Å². The number of fused-ring (bicyclic) bond motifs is 4. The molecule has 0 atom stereocenters. The second-order valence-corrected chi connectivity index (χ2v) is 6.65. The van der Waals surface area contributed by atoms with E-state index in [1.54, 1.807) is 30.5 Å². The third-order valence-corrected chi connectivity index (χ3v) is 5.19. The van der Waals surface area contributed by atoms with Crippen molar-refractivity contribution in [1.29, 1.82) is 5.26 Å². The van der Waals surface area contributed by atoms with E-state index in [2.05, 4.69) is 4.98 Å². The van der Waals surface area contributed by atoms with E-state index in [1.807, 2.05) is 6.07 Å². The Balaban J connectivity index is 1.94. The van der Waals surface area contributed by atoms with Crippen molar-refractivity contribution in [2.24, 2.45) is 0 Å². The number of rotatable bonds is 0. The summed E-state index contributed by atoms with van der Waals surface area (Å²) in [5.74, 6) is -3.10. The number of carbonyl (C=O) groups excluding carboxylic acids is 1. The number of allylic oxidation sites excluding steroid dienone is 3. The van der Waals surface area contributed by atoms with Crippen LogP contribution in [0, 0.1) is 23.0 Å². The van der Waals surface area contributed by atoms with Crippen molar-refractivity contribution in [3.8, 4) is 23.1 Å². The molecule has 29 heavy (non-hydrogen) atoms. The Morgan fingerprint density at radius 3 is 2.55 bits per heavy atom. The molecule has 2 aliphatic carbocycles. The molecule has 0 saturated heterocycles. The summed E-state index contributed by atoms with van der Waals surface area (Å²) in [5.41, 5.74) is 2.56. The zero-order valence-electron chi connectivity index (χ0n) is 14.7. The number of carbonyl (C=O) groups is 1. The predicted molar refractivity (Wildman–Crippen MR) is 102 cm³/mol. The Morgan fingerprint density at radius 2 is 1.76 bits per heavy atom. The fourth-order valence-corrected chi connectivity index (χ4v) is 4.06. The zero-order valence-corrected chi connectivity index (χ0v) is 14.7. The number of nitrogens with zero attached hydrogens (tertiary/aromatic N) is 2. The van der Waals surface area contributed by atoms with Gasteiger partial charge >= 0.3 is 0 Å². The van der Waals surface area contributed by atoms with Crippen LogP contribution in [0.1, 0.15) is 27.0 Å². The van der Waals surface area contributed by atoms with E-state index in [-0.39, 0.29) is 22.5 Å². The average Bonchev–Trinajstić information content (AvgIpc) is 3.18. The molecule has 0 amide bonds. The molecular weight excluding hydrogens is 374 g/mol. The lowest BCUT2D eigenvalue weighted by molar-refractivity contribution is 0.103. The quantitative estimate of drug-likeness (QED) is 0.354. The van der Waals surface area contributed by atoms with E-state index in [0.717, 1.165) is 12.1 Å². The van der Waals surface area contributed by atoms with Crippen LogP contribution in [0.25, 0.3) is 22.4 Å². The summed E-state index contributed by atoms with van der Waals surface area (Å²) in [6.07, 6.45) is 2.72. The second kappa shape index (κ2) is 5.94. The van der Waals surface area contributed by atoms with Crippen molar-refractivity contribution in [2.75, 3.05) is 0 Å². The first-order valence-electron chi connectivity index (χ1n) is 8.70. The molecule has 0 unspecified atom stereocenters. The smallest absolute Gasteiger partial charge is 0.198 e. The minimum atomic E-state index is -1.24. The van der Waals surface area contributed by atoms with Crippen LogP contribution in [-0.4, -0.2) is 15.9 Å². The van der Waals surface area contributed by atoms with Crippen LogP contribution in [-0.2, 0) is 0 Å². The number of phenolic OH excluding ortho intramolecular Hbond substituents is 1. The summed E-state index contributed by atoms with van der Waals surface area (Å²) in [4.78, 5) is 17.6. The maximum Gasteiger partial charge on any atom is 0.198 e. The molecule has 0 fully saturated rings. The van der Waals surface area contributed by atoms with Gasteiger partial charge in [0.05, 0.1) is 22.9 Å². The maximum absolute atomic E-state index is 14.5. The van der Waals surface area contributed by atoms with Crippen molar-refractivity contribution in [1.82, 2.24) is 4.98 Å². The van der Waals surface area contributed by atoms with Crippen LogP contribution in [0.15, 0.2) is 60.3 Å². The molecule has 2 aliphatic rings. The number of aromatic hydroxyl groups is 1. The standard InChI is InChI=1S/C23H10F2N2O2/c24-15-7-6-11-12(8-9-26)19(23(29)20(11)21(15)25)17-13-3-1-5-16(28)18(13)22-14(17)4-2-10-27-22/h1-8,10,28H/b12-8+,19-17-. The summed E-state index contributed by atoms with van der Waals surface area (Å²) in [7, 11) is 0. The Hall–Kier alpha value is -4.11. The highest BCUT2D eigenvalue weighted by molar-refractivity contribution is 6.32. The molecule has 0 saturated carbocycles. The van der Waals surface area contributed by atoms with Gasteiger partial charge in [-0.15, -0.1) is 0 Å². The average molecular weight is 384 g/mol. The monoisotopic (exact) mass is 384 g/mol. The fourth-order valence-electron chi connectivity index (χ4n) is 4.06. The molecule has 3 aromatic rings. The van der Waals surface area contributed by atoms with Crippen LogP contribution in [0.5, 0.6) is 5.75 Å². The number of aromatic nitrogens is 1. The van der Waals surface area contributed by atoms with Gasteiger partial charge in [-0.1, -0.05) is 24.3 Å². The third kappa shape index (κ3) is 2.15. The first-order chi connectivity index (χ1) is 14.0. The number of halogens is 2. The summed E-state index contributed by atoms with van der Waals surface area (Å²) in [6.45, 7) is 0. The molecule has 0 aliphatic heterocycles. The van der Waals surface area contributed by atoms with E-state index in [1.165, 1.54) is 12.1 Å². The van der Waals surface area contributed by atoms with E-state index in [4.69, 9.17) is 0 Å². The number of hydrogen-bond donors (Lipinski definition) is 1. The van der Waals surface area contributed by atoms with Gasteiger partial charge in [0.1, 0.15) is 5.75 Å². The molecule has 0 bridgehead atoms. The molecule has 1 N–H and O–H groups in total. The summed E-state index contributed by atoms with van der Waals surface area (Å²) in [6, 6.07) is 12.4. The number of Topliss-reactive ketones (excluding diaryl/α,β-unsaturated/α-hetero) is 1. The van der Waals surface area contributed by atoms with Crippen molar-refractivity contribution < 1.29 is 18.7 Å². The summed E-state index contributed by atoms with van der Waals surface area (Å²) in [5, 5.41) is 19.7. The second-order valence-electron chi connectivity index (χ2n) is 6.65. The van der Waals surface area contributed by atoms with Crippen LogP contribution in [0.4, 0.5) is 8.78 Å². The maximum atomic E-state index is 14.5. The lowest BCUT2D eigenvalue weighted by atomic mass is 9.93. The first kappa shape index (κ1) is 17.0. The molecule has 1 heterocycles. The number of ketones is 1. The van der Waals surface area contributed by atoms with E-state index in [9.17, 15) is 23.9 Å². The minimum absolute atomic E-state index is 0.0101. The molecule has 2 aromatic carbocycles. The summed E-state index contributed by atoms with van der Waals surface area (Å²) < 4.78 is 28.3. The van der Waals surface area contributed by atoms with Crippen molar-refractivity contribution in [3.05, 3.63) is 94.2 Å². The van der Waals surface area contributed by atoms with Crippen LogP contribution in [0.2, 0.25) is 0 Å². The number of phenols is 1. The molecule has 0 radical (unpaired) electrons. The topological polar surface area (TPSA) is 74.0 Å². The summed E-state index contributed by atoms with van der Waals surface area (Å²) >= 11 is 0. The number of benzene rings is 2. The van der Waals surface area contributed by atoms with Gasteiger partial charge in [0.25, 0.3) is 0 Å². The number of hydrogen-bond acceptors (Lipinski definition) is 4. The molecule has 5 rings (SSSR count). The molecular formula is C23H10F2N2O2. The first-order valence-corrected chi connectivity index (χ1v) is 8.70. The van der Waals surface area contributed by atoms with Gasteiger partial charge in [0, 0.05) is 34.6 Å². The molecule has 138 valence electrons. The molecule has 6 heteroatoms. The van der Waals surface area contributed by atoms with Crippen molar-refractivity contribution in [3.63, 3.8) is 0 Å². The van der Waals surface area contributed by atoms with Gasteiger partial charge in [-0.2, -0.15) is 5.26 Å². The Bertz CT molecular complexity index is 1360. The largest absolute Gasteiger partial charge is 0.507 e. The Labute approximate surface area is 163 Å². The highest BCUT2D eigenvalue weighted by atomic mass is 19.2. The van der Waals surface area contributed by atoms with Crippen molar-refractivity contribution >= 4 is 16.9 Å². The Kier molecular flexibility index (Phi) is 3.49. The fraction of sp³-hybridized carbons (Fsp3) is 0. The van der Waals surface area contributed by atoms with Gasteiger partial charge in [0.15, 0.2) is 17.4 Å². The van der Waals surface area contributed by atoms with Crippen LogP contribution < -0.4 is 0 Å². The highest BCUT2D eigenvalue weighted by Gasteiger charge is 2.40. The lowest BCUT2D eigenvalue weighted by Crippen LogP contribution is -2.03. The van der Waals surface area contributed by atoms with Gasteiger partial charge in [-0.25, -0.2) is 8.78 Å². The third-order valence-electron chi connectivity index (χ3n) is 5.19. The number of pyridine rings is 1. The lowest BCUT2D eigenvalue weighted by Gasteiger charge is -2.08. The minimum Gasteiger partial charge on any atom is -0.507 e. The normalized spacial score (nSPS) is 17.8. The van der Waals surface area contributed by atoms with Crippen LogP contribution >= 0.6 is 0 Å². The molecule has 1 aromatic heterocycles. The highest BCUT2D eigenvalue weighted by Crippen LogP contribution is 2.52. The van der Waals surface area contributed by atoms with E-state index >= 15 is 0 Å². The molecule has 4 nitrogen and oxygen atoms in total. The van der Waals surface area contributed by atoms with E-state index in [0.29, 0.717) is 28.0 Å². The number of nitriles is 1. The van der Waals surface area contributed by atoms with Gasteiger partial charge < -0.3 is 5.11 Å². The molecule has 0 spiro atoms. The zero-order chi connectivity index (χ0) is 20.3.